The number of hydrogen-bond acceptors (Lipinski definition) is 7. The molecule has 0 aliphatic rings. The van der Waals surface area contributed by atoms with Gasteiger partial charge in [0.15, 0.2) is 0 Å². The van der Waals surface area contributed by atoms with Gasteiger partial charge in [-0.1, -0.05) is 0 Å². The monoisotopic (exact) mass is 387 g/mol. The Morgan fingerprint density at radius 3 is 2.74 bits per heavy atom. The van der Waals surface area contributed by atoms with Gasteiger partial charge >= 0.3 is 5.97 Å². The van der Waals surface area contributed by atoms with Crippen molar-refractivity contribution in [1.29, 1.82) is 0 Å². The molecule has 2 heterocycles. The Kier molecular flexibility index (Phi) is 5.04. The number of aromatic nitrogens is 2. The Balaban J connectivity index is 1.71. The third kappa shape index (κ3) is 3.72. The van der Waals surface area contributed by atoms with Crippen molar-refractivity contribution in [3.05, 3.63) is 61.0 Å². The zero-order valence-corrected chi connectivity index (χ0v) is 15.8. The predicted molar refractivity (Wildman–Crippen MR) is 101 cm³/mol. The van der Waals surface area contributed by atoms with Gasteiger partial charge < -0.3 is 4.74 Å². The van der Waals surface area contributed by atoms with Crippen molar-refractivity contribution in [3.8, 4) is 5.75 Å². The highest BCUT2D eigenvalue weighted by atomic mass is 32.1. The second-order valence-corrected chi connectivity index (χ2v) is 7.34. The molecule has 0 N–H and O–H groups in total. The van der Waals surface area contributed by atoms with Crippen LogP contribution in [-0.2, 0) is 11.3 Å². The quantitative estimate of drug-likeness (QED) is 0.288. The molecule has 9 heteroatoms. The fourth-order valence-electron chi connectivity index (χ4n) is 2.72. The summed E-state index contributed by atoms with van der Waals surface area (Å²) in [7, 11) is 0. The van der Waals surface area contributed by atoms with Gasteiger partial charge in [-0.15, -0.1) is 11.3 Å². The summed E-state index contributed by atoms with van der Waals surface area (Å²) in [6.45, 7) is 5.53. The molecule has 3 aromatic rings. The predicted octanol–water partition coefficient (Wildman–Crippen LogP) is 3.29. The first-order valence-corrected chi connectivity index (χ1v) is 9.00. The summed E-state index contributed by atoms with van der Waals surface area (Å²) >= 11 is 1.47. The molecule has 0 spiro atoms. The van der Waals surface area contributed by atoms with Crippen LogP contribution >= 0.6 is 11.3 Å². The van der Waals surface area contributed by atoms with E-state index < -0.39 is 10.9 Å². The Labute approximate surface area is 158 Å². The third-order valence-corrected chi connectivity index (χ3v) is 5.42. The summed E-state index contributed by atoms with van der Waals surface area (Å²) in [5, 5.41) is 11.4. The lowest BCUT2D eigenvalue weighted by Gasteiger charge is -2.07. The summed E-state index contributed by atoms with van der Waals surface area (Å²) in [5.74, 6) is -0.304. The number of esters is 1. The third-order valence-electron chi connectivity index (χ3n) is 4.31. The van der Waals surface area contributed by atoms with E-state index in [2.05, 4.69) is 4.98 Å². The van der Waals surface area contributed by atoms with Crippen molar-refractivity contribution in [3.63, 3.8) is 0 Å². The number of carbonyl (C=O) groups is 1. The molecular weight excluding hydrogens is 370 g/mol. The van der Waals surface area contributed by atoms with Gasteiger partial charge in [0.1, 0.15) is 10.6 Å². The molecule has 0 bridgehead atoms. The van der Waals surface area contributed by atoms with Crippen LogP contribution < -0.4 is 10.3 Å². The van der Waals surface area contributed by atoms with Crippen molar-refractivity contribution in [2.75, 3.05) is 0 Å². The van der Waals surface area contributed by atoms with E-state index in [0.717, 1.165) is 10.4 Å². The summed E-state index contributed by atoms with van der Waals surface area (Å²) < 4.78 is 6.60. The van der Waals surface area contributed by atoms with Crippen LogP contribution in [-0.4, -0.2) is 20.4 Å². The van der Waals surface area contributed by atoms with E-state index in [9.17, 15) is 19.7 Å². The number of nitro benzene ring substituents is 1. The summed E-state index contributed by atoms with van der Waals surface area (Å²) in [6.07, 6.45) is 1.41. The lowest BCUT2D eigenvalue weighted by atomic mass is 10.2. The largest absolute Gasteiger partial charge is 0.426 e. The van der Waals surface area contributed by atoms with E-state index in [0.29, 0.717) is 15.8 Å². The van der Waals surface area contributed by atoms with Gasteiger partial charge in [-0.2, -0.15) is 0 Å². The molecule has 0 aliphatic carbocycles. The second kappa shape index (κ2) is 7.28. The number of thiophene rings is 1. The lowest BCUT2D eigenvalue weighted by molar-refractivity contribution is -0.385. The molecule has 8 nitrogen and oxygen atoms in total. The minimum atomic E-state index is -0.534. The first-order valence-electron chi connectivity index (χ1n) is 8.18. The average molecular weight is 387 g/mol. The number of nitrogens with zero attached hydrogens (tertiary/aromatic N) is 3. The van der Waals surface area contributed by atoms with Crippen molar-refractivity contribution in [2.24, 2.45) is 0 Å². The smallest absolute Gasteiger partial charge is 0.312 e. The van der Waals surface area contributed by atoms with Crippen LogP contribution in [0.4, 0.5) is 5.69 Å². The van der Waals surface area contributed by atoms with E-state index in [1.165, 1.54) is 40.4 Å². The fourth-order valence-corrected chi connectivity index (χ4v) is 3.71. The highest BCUT2D eigenvalue weighted by molar-refractivity contribution is 7.18. The summed E-state index contributed by atoms with van der Waals surface area (Å²) in [6, 6.07) is 4.11. The maximum absolute atomic E-state index is 12.6. The van der Waals surface area contributed by atoms with Crippen LogP contribution in [0.2, 0.25) is 0 Å². The lowest BCUT2D eigenvalue weighted by Crippen LogP contribution is -2.23. The zero-order valence-electron chi connectivity index (χ0n) is 15.0. The van der Waals surface area contributed by atoms with Gasteiger partial charge in [0.2, 0.25) is 0 Å². The maximum atomic E-state index is 12.6. The molecular formula is C18H17N3O5S. The van der Waals surface area contributed by atoms with Crippen LogP contribution in [0.5, 0.6) is 5.75 Å². The Morgan fingerprint density at radius 1 is 1.33 bits per heavy atom. The number of rotatable bonds is 5. The van der Waals surface area contributed by atoms with Crippen molar-refractivity contribution in [1.82, 2.24) is 9.55 Å². The molecule has 1 aromatic carbocycles. The highest BCUT2D eigenvalue weighted by Gasteiger charge is 2.15. The Bertz CT molecular complexity index is 1120. The van der Waals surface area contributed by atoms with E-state index in [1.54, 1.807) is 6.92 Å². The Hall–Kier alpha value is -3.07. The number of fused-ring (bicyclic) bond motifs is 1. The minimum Gasteiger partial charge on any atom is -0.426 e. The molecule has 0 amide bonds. The van der Waals surface area contributed by atoms with Gasteiger partial charge in [-0.25, -0.2) is 4.98 Å². The molecule has 2 aromatic heterocycles. The topological polar surface area (TPSA) is 104 Å². The standard InChI is InChI=1S/C18H17N3O5S/c1-10-8-13(4-5-14(10)21(24)25)26-15(22)6-7-20-9-19-17-16(18(20)23)11(2)12(3)27-17/h4-5,8-9H,6-7H2,1-3H3. The van der Waals surface area contributed by atoms with Crippen LogP contribution in [0, 0.1) is 30.9 Å². The molecule has 3 rings (SSSR count). The van der Waals surface area contributed by atoms with E-state index in [-0.39, 0.29) is 30.0 Å². The van der Waals surface area contributed by atoms with Gasteiger partial charge in [-0.3, -0.25) is 24.3 Å². The summed E-state index contributed by atoms with van der Waals surface area (Å²) in [4.78, 5) is 41.0. The van der Waals surface area contributed by atoms with Crippen LogP contribution in [0.3, 0.4) is 0 Å². The average Bonchev–Trinajstić information content (AvgIpc) is 2.89. The summed E-state index contributed by atoms with van der Waals surface area (Å²) in [5.41, 5.74) is 1.09. The number of aryl methyl sites for hydroxylation is 4. The van der Waals surface area contributed by atoms with Crippen molar-refractivity contribution >= 4 is 33.2 Å². The Morgan fingerprint density at radius 2 is 2.07 bits per heavy atom. The van der Waals surface area contributed by atoms with E-state index in [1.807, 2.05) is 13.8 Å². The number of benzene rings is 1. The zero-order chi connectivity index (χ0) is 19.7. The SMILES string of the molecule is Cc1cc(OC(=O)CCn2cnc3sc(C)c(C)c3c2=O)ccc1[N+](=O)[O-]. The number of carbonyl (C=O) groups excluding carboxylic acids is 1. The molecule has 0 saturated heterocycles. The number of ether oxygens (including phenoxy) is 1. The molecule has 0 radical (unpaired) electrons. The number of hydrogen-bond donors (Lipinski definition) is 0. The first-order chi connectivity index (χ1) is 12.8. The first kappa shape index (κ1) is 18.7. The molecule has 0 saturated carbocycles. The molecule has 0 fully saturated rings. The van der Waals surface area contributed by atoms with E-state index >= 15 is 0 Å². The van der Waals surface area contributed by atoms with Gasteiger partial charge in [0.05, 0.1) is 23.1 Å². The van der Waals surface area contributed by atoms with Crippen LogP contribution in [0.1, 0.15) is 22.4 Å². The van der Waals surface area contributed by atoms with Crippen LogP contribution in [0.25, 0.3) is 10.2 Å². The minimum absolute atomic E-state index is 0.0225. The second-order valence-electron chi connectivity index (χ2n) is 6.14. The van der Waals surface area contributed by atoms with E-state index in [4.69, 9.17) is 4.74 Å². The van der Waals surface area contributed by atoms with Gasteiger partial charge in [-0.05, 0) is 38.5 Å². The molecule has 0 atom stereocenters. The molecule has 0 unspecified atom stereocenters. The van der Waals surface area contributed by atoms with Crippen molar-refractivity contribution < 1.29 is 14.5 Å². The van der Waals surface area contributed by atoms with Gasteiger partial charge in [0, 0.05) is 23.1 Å². The molecule has 0 aliphatic heterocycles. The fraction of sp³-hybridized carbons (Fsp3) is 0.278. The highest BCUT2D eigenvalue weighted by Crippen LogP contribution is 2.25. The normalized spacial score (nSPS) is 10.9. The molecule has 27 heavy (non-hydrogen) atoms. The van der Waals surface area contributed by atoms with Crippen molar-refractivity contribution in [2.45, 2.75) is 33.7 Å². The molecule has 140 valence electrons. The number of nitro groups is 1. The maximum Gasteiger partial charge on any atom is 0.312 e. The van der Waals surface area contributed by atoms with Crippen LogP contribution in [0.15, 0.2) is 29.3 Å². The van der Waals surface area contributed by atoms with Gasteiger partial charge in [0.25, 0.3) is 11.2 Å².